The number of halogens is 1. The molecule has 31 heavy (non-hydrogen) atoms. The summed E-state index contributed by atoms with van der Waals surface area (Å²) in [7, 11) is 4.44. The molecule has 1 aromatic heterocycles. The van der Waals surface area contributed by atoms with Crippen LogP contribution in [0.3, 0.4) is 0 Å². The SMILES string of the molecule is COc1cc([C@@H](C[N+](=O)[O-])Sc2nnc(C)n2-c2ccc(F)cc2)cc(OC)c1OC. The van der Waals surface area contributed by atoms with Crippen LogP contribution >= 0.6 is 11.8 Å². The topological polar surface area (TPSA) is 102 Å². The molecular weight excluding hydrogens is 427 g/mol. The lowest BCUT2D eigenvalue weighted by Gasteiger charge is -2.18. The highest BCUT2D eigenvalue weighted by Crippen LogP contribution is 2.44. The van der Waals surface area contributed by atoms with Crippen LogP contribution in [0.4, 0.5) is 4.39 Å². The highest BCUT2D eigenvalue weighted by Gasteiger charge is 2.26. The van der Waals surface area contributed by atoms with Crippen molar-refractivity contribution in [2.24, 2.45) is 0 Å². The third kappa shape index (κ3) is 4.88. The van der Waals surface area contributed by atoms with Gasteiger partial charge in [-0.2, -0.15) is 0 Å². The summed E-state index contributed by atoms with van der Waals surface area (Å²) in [5.41, 5.74) is 1.25. The van der Waals surface area contributed by atoms with Gasteiger partial charge in [0, 0.05) is 10.6 Å². The molecule has 9 nitrogen and oxygen atoms in total. The first-order valence-electron chi connectivity index (χ1n) is 9.14. The second-order valence-electron chi connectivity index (χ2n) is 6.42. The molecule has 0 saturated heterocycles. The van der Waals surface area contributed by atoms with Gasteiger partial charge in [-0.25, -0.2) is 4.39 Å². The lowest BCUT2D eigenvalue weighted by molar-refractivity contribution is -0.479. The second-order valence-corrected chi connectivity index (χ2v) is 7.59. The van der Waals surface area contributed by atoms with Crippen molar-refractivity contribution in [3.8, 4) is 22.9 Å². The van der Waals surface area contributed by atoms with E-state index >= 15 is 0 Å². The molecule has 0 radical (unpaired) electrons. The number of benzene rings is 2. The van der Waals surface area contributed by atoms with E-state index in [2.05, 4.69) is 10.2 Å². The summed E-state index contributed by atoms with van der Waals surface area (Å²) >= 11 is 1.17. The largest absolute Gasteiger partial charge is 0.493 e. The van der Waals surface area contributed by atoms with Crippen molar-refractivity contribution in [3.05, 3.63) is 63.7 Å². The Kier molecular flexibility index (Phi) is 6.95. The van der Waals surface area contributed by atoms with Crippen molar-refractivity contribution in [2.45, 2.75) is 17.3 Å². The molecule has 0 aliphatic rings. The van der Waals surface area contributed by atoms with Crippen molar-refractivity contribution in [2.75, 3.05) is 27.9 Å². The van der Waals surface area contributed by atoms with Crippen LogP contribution in [0.5, 0.6) is 17.2 Å². The summed E-state index contributed by atoms with van der Waals surface area (Å²) in [4.78, 5) is 11.0. The second kappa shape index (κ2) is 9.65. The van der Waals surface area contributed by atoms with Crippen molar-refractivity contribution >= 4 is 11.8 Å². The standard InChI is InChI=1S/C20H21FN4O5S/c1-12-22-23-20(25(12)15-7-5-14(21)6-8-15)31-18(11-24(26)27)13-9-16(28-2)19(30-4)17(10-13)29-3/h5-10,18H,11H2,1-4H3/t18-/m1/s1. The fourth-order valence-corrected chi connectivity index (χ4v) is 4.22. The summed E-state index contributed by atoms with van der Waals surface area (Å²) in [5, 5.41) is 19.5. The molecule has 3 aromatic rings. The molecule has 1 heterocycles. The van der Waals surface area contributed by atoms with Crippen molar-refractivity contribution in [3.63, 3.8) is 0 Å². The number of aryl methyl sites for hydroxylation is 1. The molecule has 3 rings (SSSR count). The van der Waals surface area contributed by atoms with E-state index in [9.17, 15) is 14.5 Å². The first kappa shape index (κ1) is 22.3. The molecule has 1 atom stereocenters. The Bertz CT molecular complexity index is 1050. The number of nitro groups is 1. The molecule has 2 aromatic carbocycles. The number of aromatic nitrogens is 3. The third-order valence-electron chi connectivity index (χ3n) is 4.50. The van der Waals surface area contributed by atoms with Crippen molar-refractivity contribution in [1.82, 2.24) is 14.8 Å². The molecular formula is C20H21FN4O5S. The predicted molar refractivity (Wildman–Crippen MR) is 113 cm³/mol. The van der Waals surface area contributed by atoms with Crippen LogP contribution in [0.1, 0.15) is 16.6 Å². The molecule has 164 valence electrons. The molecule has 0 saturated carbocycles. The fraction of sp³-hybridized carbons (Fsp3) is 0.300. The Morgan fingerprint density at radius 1 is 1.10 bits per heavy atom. The number of nitrogens with zero attached hydrogens (tertiary/aromatic N) is 4. The third-order valence-corrected chi connectivity index (χ3v) is 5.68. The zero-order valence-electron chi connectivity index (χ0n) is 17.4. The maximum Gasteiger partial charge on any atom is 0.220 e. The molecule has 0 spiro atoms. The van der Waals surface area contributed by atoms with Crippen molar-refractivity contribution < 1.29 is 23.5 Å². The summed E-state index contributed by atoms with van der Waals surface area (Å²) < 4.78 is 31.2. The van der Waals surface area contributed by atoms with Gasteiger partial charge in [-0.15, -0.1) is 10.2 Å². The zero-order valence-corrected chi connectivity index (χ0v) is 18.2. The highest BCUT2D eigenvalue weighted by molar-refractivity contribution is 7.99. The van der Waals surface area contributed by atoms with E-state index in [-0.39, 0.29) is 12.4 Å². The normalized spacial score (nSPS) is 11.8. The van der Waals surface area contributed by atoms with Crippen LogP contribution in [0, 0.1) is 22.9 Å². The number of thioether (sulfide) groups is 1. The minimum Gasteiger partial charge on any atom is -0.493 e. The van der Waals surface area contributed by atoms with Crippen LogP contribution in [0.25, 0.3) is 5.69 Å². The Balaban J connectivity index is 2.05. The zero-order chi connectivity index (χ0) is 22.5. The maximum atomic E-state index is 13.4. The quantitative estimate of drug-likeness (QED) is 0.276. The van der Waals surface area contributed by atoms with E-state index in [0.29, 0.717) is 39.5 Å². The van der Waals surface area contributed by atoms with Gasteiger partial charge in [-0.05, 0) is 48.9 Å². The molecule has 0 bridgehead atoms. The molecule has 0 aliphatic heterocycles. The Morgan fingerprint density at radius 3 is 2.23 bits per heavy atom. The summed E-state index contributed by atoms with van der Waals surface area (Å²) in [6.45, 7) is 1.38. The van der Waals surface area contributed by atoms with E-state index in [4.69, 9.17) is 14.2 Å². The molecule has 0 N–H and O–H groups in total. The number of ether oxygens (including phenoxy) is 3. The molecule has 0 unspecified atom stereocenters. The van der Waals surface area contributed by atoms with E-state index in [0.717, 1.165) is 0 Å². The van der Waals surface area contributed by atoms with E-state index in [1.54, 1.807) is 35.8 Å². The van der Waals surface area contributed by atoms with Gasteiger partial charge in [0.15, 0.2) is 16.7 Å². The van der Waals surface area contributed by atoms with Crippen LogP contribution < -0.4 is 14.2 Å². The smallest absolute Gasteiger partial charge is 0.220 e. The van der Waals surface area contributed by atoms with Gasteiger partial charge in [0.05, 0.1) is 21.3 Å². The van der Waals surface area contributed by atoms with Gasteiger partial charge in [0.1, 0.15) is 16.9 Å². The molecule has 11 heteroatoms. The Labute approximate surface area is 182 Å². The van der Waals surface area contributed by atoms with Gasteiger partial charge >= 0.3 is 0 Å². The van der Waals surface area contributed by atoms with Gasteiger partial charge in [0.2, 0.25) is 12.3 Å². The van der Waals surface area contributed by atoms with E-state index in [1.165, 1.54) is 45.2 Å². The van der Waals surface area contributed by atoms with Crippen LogP contribution in [-0.2, 0) is 0 Å². The number of rotatable bonds is 9. The fourth-order valence-electron chi connectivity index (χ4n) is 3.07. The Morgan fingerprint density at radius 2 is 1.71 bits per heavy atom. The Hall–Kier alpha value is -3.34. The predicted octanol–water partition coefficient (Wildman–Crippen LogP) is 3.85. The lowest BCUT2D eigenvalue weighted by Crippen LogP contribution is -2.12. The molecule has 0 aliphatic carbocycles. The van der Waals surface area contributed by atoms with Gasteiger partial charge in [0.25, 0.3) is 0 Å². The van der Waals surface area contributed by atoms with E-state index < -0.39 is 10.2 Å². The number of hydrogen-bond donors (Lipinski definition) is 0. The van der Waals surface area contributed by atoms with E-state index in [1.807, 2.05) is 0 Å². The minimum absolute atomic E-state index is 0.368. The summed E-state index contributed by atoms with van der Waals surface area (Å²) in [5.74, 6) is 1.37. The summed E-state index contributed by atoms with van der Waals surface area (Å²) in [6.07, 6.45) is 0. The monoisotopic (exact) mass is 448 g/mol. The molecule has 0 amide bonds. The number of methoxy groups -OCH3 is 3. The first-order chi connectivity index (χ1) is 14.9. The van der Waals surface area contributed by atoms with Crippen LogP contribution in [-0.4, -0.2) is 47.6 Å². The average Bonchev–Trinajstić information content (AvgIpc) is 3.12. The molecule has 0 fully saturated rings. The van der Waals surface area contributed by atoms with Gasteiger partial charge in [-0.3, -0.25) is 14.7 Å². The van der Waals surface area contributed by atoms with Gasteiger partial charge < -0.3 is 14.2 Å². The number of hydrogen-bond acceptors (Lipinski definition) is 8. The average molecular weight is 448 g/mol. The first-order valence-corrected chi connectivity index (χ1v) is 10.0. The summed E-state index contributed by atoms with van der Waals surface area (Å²) in [6, 6.07) is 9.20. The van der Waals surface area contributed by atoms with Crippen LogP contribution in [0.15, 0.2) is 41.6 Å². The maximum absolute atomic E-state index is 13.4. The van der Waals surface area contributed by atoms with Gasteiger partial charge in [-0.1, -0.05) is 11.8 Å². The lowest BCUT2D eigenvalue weighted by atomic mass is 10.1. The minimum atomic E-state index is -0.633. The van der Waals surface area contributed by atoms with Crippen LogP contribution in [0.2, 0.25) is 0 Å². The highest BCUT2D eigenvalue weighted by atomic mass is 32.2. The van der Waals surface area contributed by atoms with Crippen molar-refractivity contribution in [1.29, 1.82) is 0 Å².